The lowest BCUT2D eigenvalue weighted by Gasteiger charge is -2.26. The molecular formula is C29H32FN5O4. The molecular weight excluding hydrogens is 501 g/mol. The van der Waals surface area contributed by atoms with Crippen molar-refractivity contribution in [2.45, 2.75) is 51.4 Å². The Morgan fingerprint density at radius 3 is 2.77 bits per heavy atom. The number of aliphatic hydroxyl groups excluding tert-OH is 1. The molecule has 0 spiro atoms. The monoisotopic (exact) mass is 533 g/mol. The Morgan fingerprint density at radius 2 is 2.03 bits per heavy atom. The summed E-state index contributed by atoms with van der Waals surface area (Å²) in [6.07, 6.45) is 3.23. The number of hydrogen-bond acceptors (Lipinski definition) is 7. The van der Waals surface area contributed by atoms with Crippen LogP contribution in [0.3, 0.4) is 0 Å². The molecule has 5 rings (SSSR count). The van der Waals surface area contributed by atoms with E-state index in [1.807, 2.05) is 31.2 Å². The van der Waals surface area contributed by atoms with Gasteiger partial charge in [-0.15, -0.1) is 0 Å². The van der Waals surface area contributed by atoms with E-state index in [1.54, 1.807) is 31.3 Å². The number of carbonyl (C=O) groups is 2. The average Bonchev–Trinajstić information content (AvgIpc) is 3.29. The SMILES string of the molecule is Cc1cccc([C@@H](CO)NC(=O)[C@@H](C)N2Cc3ccc(-c4ccnc(NC5CCOCC5)n4)c(F)c3C2=O)c1. The Labute approximate surface area is 226 Å². The van der Waals surface area contributed by atoms with Crippen LogP contribution >= 0.6 is 0 Å². The van der Waals surface area contributed by atoms with E-state index in [2.05, 4.69) is 20.6 Å². The number of aryl methyl sites for hydroxylation is 1. The zero-order chi connectivity index (χ0) is 27.5. The number of fused-ring (bicyclic) bond motifs is 1. The quantitative estimate of drug-likeness (QED) is 0.407. The number of hydrogen-bond donors (Lipinski definition) is 3. The second-order valence-electron chi connectivity index (χ2n) is 10.0. The van der Waals surface area contributed by atoms with Crippen LogP contribution in [0.1, 0.15) is 52.9 Å². The van der Waals surface area contributed by atoms with Gasteiger partial charge in [-0.2, -0.15) is 0 Å². The number of aromatic nitrogens is 2. The number of rotatable bonds is 8. The highest BCUT2D eigenvalue weighted by molar-refractivity contribution is 6.02. The Kier molecular flexibility index (Phi) is 7.85. The molecule has 3 N–H and O–H groups in total. The van der Waals surface area contributed by atoms with E-state index in [0.717, 1.165) is 24.0 Å². The summed E-state index contributed by atoms with van der Waals surface area (Å²) in [6, 6.07) is 11.1. The lowest BCUT2D eigenvalue weighted by Crippen LogP contribution is -2.46. The average molecular weight is 534 g/mol. The molecule has 0 bridgehead atoms. The first-order chi connectivity index (χ1) is 18.9. The minimum atomic E-state index is -0.874. The largest absolute Gasteiger partial charge is 0.394 e. The molecule has 204 valence electrons. The van der Waals surface area contributed by atoms with Gasteiger partial charge >= 0.3 is 0 Å². The minimum absolute atomic E-state index is 0.0536. The maximum atomic E-state index is 15.8. The summed E-state index contributed by atoms with van der Waals surface area (Å²) in [5.41, 5.74) is 2.77. The van der Waals surface area contributed by atoms with Crippen LogP contribution in [0.4, 0.5) is 10.3 Å². The maximum Gasteiger partial charge on any atom is 0.258 e. The lowest BCUT2D eigenvalue weighted by atomic mass is 10.0. The van der Waals surface area contributed by atoms with Crippen LogP contribution in [-0.2, 0) is 16.1 Å². The molecule has 2 aliphatic rings. The number of aliphatic hydroxyl groups is 1. The van der Waals surface area contributed by atoms with Gasteiger partial charge in [-0.3, -0.25) is 9.59 Å². The van der Waals surface area contributed by atoms with Gasteiger partial charge in [0, 0.05) is 37.6 Å². The fourth-order valence-corrected chi connectivity index (χ4v) is 5.05. The summed E-state index contributed by atoms with van der Waals surface area (Å²) >= 11 is 0. The number of halogens is 1. The van der Waals surface area contributed by atoms with Gasteiger partial charge in [-0.05, 0) is 49.9 Å². The molecule has 0 saturated carbocycles. The van der Waals surface area contributed by atoms with Crippen LogP contribution in [0.25, 0.3) is 11.3 Å². The highest BCUT2D eigenvalue weighted by Gasteiger charge is 2.37. The molecule has 3 heterocycles. The molecule has 9 nitrogen and oxygen atoms in total. The van der Waals surface area contributed by atoms with Gasteiger partial charge in [-0.25, -0.2) is 14.4 Å². The number of nitrogens with one attached hydrogen (secondary N) is 2. The van der Waals surface area contributed by atoms with Crippen molar-refractivity contribution in [3.63, 3.8) is 0 Å². The van der Waals surface area contributed by atoms with Crippen molar-refractivity contribution in [3.8, 4) is 11.3 Å². The van der Waals surface area contributed by atoms with Gasteiger partial charge < -0.3 is 25.4 Å². The molecule has 1 aromatic heterocycles. The summed E-state index contributed by atoms with van der Waals surface area (Å²) in [5.74, 6) is -1.27. The zero-order valence-electron chi connectivity index (χ0n) is 22.0. The van der Waals surface area contributed by atoms with Crippen molar-refractivity contribution in [2.75, 3.05) is 25.1 Å². The molecule has 39 heavy (non-hydrogen) atoms. The van der Waals surface area contributed by atoms with Crippen molar-refractivity contribution < 1.29 is 23.8 Å². The highest BCUT2D eigenvalue weighted by atomic mass is 19.1. The van der Waals surface area contributed by atoms with Gasteiger partial charge in [0.15, 0.2) is 0 Å². The Balaban J connectivity index is 1.32. The summed E-state index contributed by atoms with van der Waals surface area (Å²) < 4.78 is 21.2. The number of nitrogens with zero attached hydrogens (tertiary/aromatic N) is 3. The third-order valence-electron chi connectivity index (χ3n) is 7.32. The summed E-state index contributed by atoms with van der Waals surface area (Å²) in [6.45, 7) is 4.67. The molecule has 2 atom stereocenters. The molecule has 3 aromatic rings. The fraction of sp³-hybridized carbons (Fsp3) is 0.379. The van der Waals surface area contributed by atoms with E-state index in [1.165, 1.54) is 4.90 Å². The second-order valence-corrected chi connectivity index (χ2v) is 10.0. The van der Waals surface area contributed by atoms with E-state index in [0.29, 0.717) is 30.4 Å². The van der Waals surface area contributed by atoms with Crippen LogP contribution in [0.2, 0.25) is 0 Å². The van der Waals surface area contributed by atoms with Crippen LogP contribution in [0.5, 0.6) is 0 Å². The van der Waals surface area contributed by atoms with E-state index in [-0.39, 0.29) is 30.3 Å². The fourth-order valence-electron chi connectivity index (χ4n) is 5.05. The van der Waals surface area contributed by atoms with Gasteiger partial charge in [0.05, 0.1) is 23.9 Å². The molecule has 2 aliphatic heterocycles. The lowest BCUT2D eigenvalue weighted by molar-refractivity contribution is -0.126. The van der Waals surface area contributed by atoms with Gasteiger partial charge in [0.2, 0.25) is 11.9 Å². The summed E-state index contributed by atoms with van der Waals surface area (Å²) in [4.78, 5) is 36.5. The summed E-state index contributed by atoms with van der Waals surface area (Å²) in [7, 11) is 0. The number of ether oxygens (including phenoxy) is 1. The van der Waals surface area contributed by atoms with Crippen LogP contribution < -0.4 is 10.6 Å². The first kappa shape index (κ1) is 26.7. The Bertz CT molecular complexity index is 1380. The Morgan fingerprint density at radius 1 is 1.23 bits per heavy atom. The maximum absolute atomic E-state index is 15.8. The number of benzene rings is 2. The van der Waals surface area contributed by atoms with Crippen LogP contribution in [-0.4, -0.2) is 63.7 Å². The van der Waals surface area contributed by atoms with Crippen LogP contribution in [0, 0.1) is 12.7 Å². The predicted molar refractivity (Wildman–Crippen MR) is 143 cm³/mol. The highest BCUT2D eigenvalue weighted by Crippen LogP contribution is 2.33. The standard InChI is InChI=1S/C29H32FN5O4/c1-17-4-3-5-19(14-17)24(16-36)33-27(37)18(2)35-15-20-6-7-22(26(30)25(20)28(35)38)23-8-11-31-29(34-23)32-21-9-12-39-13-10-21/h3-8,11,14,18,21,24,36H,9-10,12-13,15-16H2,1-2H3,(H,33,37)(H,31,32,34)/t18-,24-/m1/s1. The zero-order valence-corrected chi connectivity index (χ0v) is 22.0. The number of anilines is 1. The molecule has 0 unspecified atom stereocenters. The van der Waals surface area contributed by atoms with E-state index in [4.69, 9.17) is 4.74 Å². The molecule has 0 aliphatic carbocycles. The first-order valence-electron chi connectivity index (χ1n) is 13.1. The van der Waals surface area contributed by atoms with Gasteiger partial charge in [-0.1, -0.05) is 35.9 Å². The van der Waals surface area contributed by atoms with Crippen molar-refractivity contribution >= 4 is 17.8 Å². The topological polar surface area (TPSA) is 117 Å². The van der Waals surface area contributed by atoms with E-state index in [9.17, 15) is 14.7 Å². The summed E-state index contributed by atoms with van der Waals surface area (Å²) in [5, 5.41) is 16.0. The van der Waals surface area contributed by atoms with Crippen molar-refractivity contribution in [1.29, 1.82) is 0 Å². The smallest absolute Gasteiger partial charge is 0.258 e. The van der Waals surface area contributed by atoms with Crippen molar-refractivity contribution in [3.05, 3.63) is 76.7 Å². The third-order valence-corrected chi connectivity index (χ3v) is 7.32. The molecule has 2 aromatic carbocycles. The molecule has 0 radical (unpaired) electrons. The predicted octanol–water partition coefficient (Wildman–Crippen LogP) is 3.38. The minimum Gasteiger partial charge on any atom is -0.394 e. The van der Waals surface area contributed by atoms with E-state index < -0.39 is 29.7 Å². The van der Waals surface area contributed by atoms with Crippen molar-refractivity contribution in [1.82, 2.24) is 20.2 Å². The molecule has 1 saturated heterocycles. The second kappa shape index (κ2) is 11.5. The van der Waals surface area contributed by atoms with Crippen LogP contribution in [0.15, 0.2) is 48.7 Å². The van der Waals surface area contributed by atoms with Gasteiger partial charge in [0.1, 0.15) is 11.9 Å². The van der Waals surface area contributed by atoms with Crippen molar-refractivity contribution in [2.24, 2.45) is 0 Å². The third kappa shape index (κ3) is 5.62. The molecule has 10 heteroatoms. The van der Waals surface area contributed by atoms with Gasteiger partial charge in [0.25, 0.3) is 5.91 Å². The first-order valence-corrected chi connectivity index (χ1v) is 13.1. The number of carbonyl (C=O) groups excluding carboxylic acids is 2. The Hall–Kier alpha value is -3.89. The van der Waals surface area contributed by atoms with E-state index >= 15 is 4.39 Å². The molecule has 1 fully saturated rings. The molecule has 2 amide bonds. The number of amides is 2. The normalized spacial score (nSPS) is 17.0.